The zero-order valence-corrected chi connectivity index (χ0v) is 15.7. The Kier molecular flexibility index (Phi) is 5.70. The van der Waals surface area contributed by atoms with E-state index in [-0.39, 0.29) is 6.61 Å². The van der Waals surface area contributed by atoms with E-state index in [1.165, 1.54) is 15.9 Å². The molecular formula is C22H21O3P. The minimum absolute atomic E-state index is 0.326. The van der Waals surface area contributed by atoms with Gasteiger partial charge in [0, 0.05) is 0 Å². The number of hydrogen-bond acceptors (Lipinski definition) is 2. The van der Waals surface area contributed by atoms with Gasteiger partial charge in [-0.2, -0.15) is 0 Å². The third-order valence-corrected chi connectivity index (χ3v) is 6.48. The second kappa shape index (κ2) is 8.16. The molecule has 0 bridgehead atoms. The molecule has 1 N–H and O–H groups in total. The van der Waals surface area contributed by atoms with Crippen LogP contribution in [0.1, 0.15) is 11.1 Å². The molecule has 0 amide bonds. The second-order valence-corrected chi connectivity index (χ2v) is 8.32. The van der Waals surface area contributed by atoms with Gasteiger partial charge in [0.15, 0.2) is 6.61 Å². The maximum absolute atomic E-state index is 10.8. The van der Waals surface area contributed by atoms with E-state index in [0.29, 0.717) is 5.75 Å². The van der Waals surface area contributed by atoms with E-state index in [1.54, 1.807) is 0 Å². The average molecular weight is 364 g/mol. The molecule has 0 radical (unpaired) electrons. The van der Waals surface area contributed by atoms with Gasteiger partial charge in [0.05, 0.1) is 0 Å². The molecule has 3 aromatic rings. The van der Waals surface area contributed by atoms with Crippen molar-refractivity contribution < 1.29 is 14.6 Å². The number of aliphatic carboxylic acids is 1. The molecule has 0 heterocycles. The highest BCUT2D eigenvalue weighted by molar-refractivity contribution is 7.79. The molecule has 0 saturated heterocycles. The van der Waals surface area contributed by atoms with Crippen molar-refractivity contribution in [3.05, 3.63) is 83.9 Å². The third-order valence-electron chi connectivity index (χ3n) is 4.07. The van der Waals surface area contributed by atoms with Gasteiger partial charge in [0.25, 0.3) is 0 Å². The fourth-order valence-corrected chi connectivity index (χ4v) is 5.50. The number of carboxylic acids is 1. The highest BCUT2D eigenvalue weighted by atomic mass is 31.1. The van der Waals surface area contributed by atoms with Crippen LogP contribution < -0.4 is 20.7 Å². The van der Waals surface area contributed by atoms with E-state index >= 15 is 0 Å². The predicted molar refractivity (Wildman–Crippen MR) is 108 cm³/mol. The van der Waals surface area contributed by atoms with Gasteiger partial charge in [-0.05, 0) is 60.9 Å². The first kappa shape index (κ1) is 18.2. The van der Waals surface area contributed by atoms with Gasteiger partial charge in [0.2, 0.25) is 0 Å². The first-order valence-electron chi connectivity index (χ1n) is 8.42. The number of rotatable bonds is 6. The third kappa shape index (κ3) is 4.12. The van der Waals surface area contributed by atoms with Crippen molar-refractivity contribution in [1.29, 1.82) is 0 Å². The summed E-state index contributed by atoms with van der Waals surface area (Å²) >= 11 is 0. The highest BCUT2D eigenvalue weighted by Gasteiger charge is 2.18. The lowest BCUT2D eigenvalue weighted by atomic mass is 10.1. The quantitative estimate of drug-likeness (QED) is 0.681. The molecule has 3 rings (SSSR count). The lowest BCUT2D eigenvalue weighted by Gasteiger charge is -2.21. The smallest absolute Gasteiger partial charge is 0.341 e. The molecule has 4 heteroatoms. The van der Waals surface area contributed by atoms with Gasteiger partial charge < -0.3 is 9.84 Å². The Bertz CT molecular complexity index is 829. The maximum Gasteiger partial charge on any atom is 0.341 e. The summed E-state index contributed by atoms with van der Waals surface area (Å²) in [5, 5.41) is 12.7. The summed E-state index contributed by atoms with van der Waals surface area (Å²) in [6.07, 6.45) is 0. The van der Waals surface area contributed by atoms with Crippen molar-refractivity contribution in [2.75, 3.05) is 6.61 Å². The Labute approximate surface area is 155 Å². The number of hydrogen-bond donors (Lipinski definition) is 1. The zero-order valence-electron chi connectivity index (χ0n) is 14.8. The van der Waals surface area contributed by atoms with E-state index in [2.05, 4.69) is 60.7 Å². The van der Waals surface area contributed by atoms with Crippen molar-refractivity contribution in [2.45, 2.75) is 13.8 Å². The first-order chi connectivity index (χ1) is 12.6. The molecule has 3 nitrogen and oxygen atoms in total. The molecule has 0 aromatic heterocycles. The monoisotopic (exact) mass is 364 g/mol. The Hall–Kier alpha value is -2.64. The molecule has 26 heavy (non-hydrogen) atoms. The van der Waals surface area contributed by atoms with E-state index in [9.17, 15) is 4.79 Å². The van der Waals surface area contributed by atoms with Crippen LogP contribution in [0.4, 0.5) is 0 Å². The van der Waals surface area contributed by atoms with Crippen molar-refractivity contribution in [3.8, 4) is 5.75 Å². The van der Waals surface area contributed by atoms with Crippen molar-refractivity contribution >= 4 is 29.8 Å². The van der Waals surface area contributed by atoms with E-state index in [4.69, 9.17) is 9.84 Å². The number of aryl methyl sites for hydroxylation is 2. The Morgan fingerprint density at radius 2 is 1.31 bits per heavy atom. The topological polar surface area (TPSA) is 46.5 Å². The van der Waals surface area contributed by atoms with Crippen LogP contribution in [0.25, 0.3) is 0 Å². The molecular weight excluding hydrogens is 343 g/mol. The molecule has 0 spiro atoms. The van der Waals surface area contributed by atoms with Gasteiger partial charge in [-0.25, -0.2) is 4.79 Å². The summed E-state index contributed by atoms with van der Waals surface area (Å²) in [4.78, 5) is 10.8. The second-order valence-electron chi connectivity index (χ2n) is 6.10. The fraction of sp³-hybridized carbons (Fsp3) is 0.136. The number of ether oxygens (including phenoxy) is 1. The van der Waals surface area contributed by atoms with Gasteiger partial charge in [-0.3, -0.25) is 0 Å². The van der Waals surface area contributed by atoms with Crippen LogP contribution in [0.3, 0.4) is 0 Å². The minimum Gasteiger partial charge on any atom is -0.481 e. The van der Waals surface area contributed by atoms with Crippen molar-refractivity contribution in [1.82, 2.24) is 0 Å². The summed E-state index contributed by atoms with van der Waals surface area (Å²) in [6.45, 7) is 3.61. The molecule has 0 atom stereocenters. The molecule has 0 aliphatic rings. The standard InChI is InChI=1S/C22H21O3P/c1-16-13-20(14-17(2)22(16)25-15-21(23)24)26(18-9-5-3-6-10-18)19-11-7-4-8-12-19/h3-14H,15H2,1-2H3,(H,23,24). The minimum atomic E-state index is -0.969. The van der Waals surface area contributed by atoms with Crippen LogP contribution >= 0.6 is 7.92 Å². The van der Waals surface area contributed by atoms with E-state index in [1.807, 2.05) is 26.0 Å². The van der Waals surface area contributed by atoms with Crippen LogP contribution in [-0.2, 0) is 4.79 Å². The summed E-state index contributed by atoms with van der Waals surface area (Å²) in [5.41, 5.74) is 1.92. The van der Waals surface area contributed by atoms with Crippen LogP contribution in [-0.4, -0.2) is 17.7 Å². The number of benzene rings is 3. The SMILES string of the molecule is Cc1cc(P(c2ccccc2)c2ccccc2)cc(C)c1OCC(=O)O. The maximum atomic E-state index is 10.8. The highest BCUT2D eigenvalue weighted by Crippen LogP contribution is 2.35. The molecule has 0 unspecified atom stereocenters. The Morgan fingerprint density at radius 3 is 1.73 bits per heavy atom. The van der Waals surface area contributed by atoms with Gasteiger partial charge in [-0.15, -0.1) is 0 Å². The average Bonchev–Trinajstić information content (AvgIpc) is 2.63. The first-order valence-corrected chi connectivity index (χ1v) is 9.76. The van der Waals surface area contributed by atoms with Crippen LogP contribution in [0, 0.1) is 13.8 Å². The summed E-state index contributed by atoms with van der Waals surface area (Å²) in [5.74, 6) is -0.309. The molecule has 0 fully saturated rings. The molecule has 0 aliphatic heterocycles. The summed E-state index contributed by atoms with van der Waals surface area (Å²) in [7, 11) is -0.684. The van der Waals surface area contributed by atoms with Crippen LogP contribution in [0.15, 0.2) is 72.8 Å². The number of carboxylic acid groups (broad SMARTS) is 1. The molecule has 132 valence electrons. The largest absolute Gasteiger partial charge is 0.481 e. The van der Waals surface area contributed by atoms with Gasteiger partial charge in [0.1, 0.15) is 5.75 Å². The van der Waals surface area contributed by atoms with Crippen molar-refractivity contribution in [2.24, 2.45) is 0 Å². The van der Waals surface area contributed by atoms with E-state index in [0.717, 1.165) is 11.1 Å². The molecule has 3 aromatic carbocycles. The lowest BCUT2D eigenvalue weighted by Crippen LogP contribution is -2.21. The number of carbonyl (C=O) groups is 1. The summed E-state index contributed by atoms with van der Waals surface area (Å²) in [6, 6.07) is 25.2. The summed E-state index contributed by atoms with van der Waals surface area (Å²) < 4.78 is 5.48. The van der Waals surface area contributed by atoms with E-state index < -0.39 is 13.9 Å². The normalized spacial score (nSPS) is 10.7. The molecule has 0 saturated carbocycles. The van der Waals surface area contributed by atoms with Crippen LogP contribution in [0.2, 0.25) is 0 Å². The van der Waals surface area contributed by atoms with Crippen molar-refractivity contribution in [3.63, 3.8) is 0 Å². The van der Waals surface area contributed by atoms with Gasteiger partial charge in [-0.1, -0.05) is 60.7 Å². The Balaban J connectivity index is 2.06. The predicted octanol–water partition coefficient (Wildman–Crippen LogP) is 3.53. The lowest BCUT2D eigenvalue weighted by molar-refractivity contribution is -0.139. The van der Waals surface area contributed by atoms with Crippen LogP contribution in [0.5, 0.6) is 5.75 Å². The Morgan fingerprint density at radius 1 is 0.846 bits per heavy atom. The molecule has 0 aliphatic carbocycles. The van der Waals surface area contributed by atoms with Gasteiger partial charge >= 0.3 is 5.97 Å². The fourth-order valence-electron chi connectivity index (χ4n) is 3.02. The zero-order chi connectivity index (χ0) is 18.5.